The molecule has 0 N–H and O–H groups in total. The molecule has 0 aliphatic carbocycles. The highest BCUT2D eigenvalue weighted by Gasteiger charge is 2.32. The van der Waals surface area contributed by atoms with Gasteiger partial charge in [-0.3, -0.25) is 4.84 Å². The van der Waals surface area contributed by atoms with Crippen LogP contribution in [0.5, 0.6) is 0 Å². The van der Waals surface area contributed by atoms with Crippen LogP contribution < -0.4 is 12.4 Å². The maximum Gasteiger partial charge on any atom is 0.389 e. The Kier molecular flexibility index (Phi) is 7.78. The summed E-state index contributed by atoms with van der Waals surface area (Å²) >= 11 is 0. The van der Waals surface area contributed by atoms with Crippen LogP contribution in [-0.2, 0) is 9.63 Å². The number of halogens is 1. The van der Waals surface area contributed by atoms with Crippen molar-refractivity contribution in [3.05, 3.63) is 12.7 Å². The zero-order chi connectivity index (χ0) is 10.5. The molecule has 0 amide bonds. The quantitative estimate of drug-likeness (QED) is 0.335. The van der Waals surface area contributed by atoms with Crippen LogP contribution in [0.2, 0.25) is 0 Å². The van der Waals surface area contributed by atoms with Crippen molar-refractivity contribution < 1.29 is 26.7 Å². The van der Waals surface area contributed by atoms with E-state index in [1.807, 2.05) is 27.7 Å². The standard InChI is InChI=1S/C10H20NO2.ClH/c1-6-10(12)13-11(7-2,8-3)9(4)5;/h6,9H,1,7-8H2,2-5H3;1H/q+1;/p-1. The van der Waals surface area contributed by atoms with Crippen molar-refractivity contribution in [3.8, 4) is 0 Å². The first-order valence-electron chi connectivity index (χ1n) is 4.75. The van der Waals surface area contributed by atoms with Gasteiger partial charge >= 0.3 is 5.97 Å². The fourth-order valence-electron chi connectivity index (χ4n) is 1.40. The number of hydroxylamine groups is 3. The summed E-state index contributed by atoms with van der Waals surface area (Å²) in [5.41, 5.74) is 0. The molecule has 0 aliphatic heterocycles. The number of hydrogen-bond donors (Lipinski definition) is 0. The van der Waals surface area contributed by atoms with Crippen LogP contribution in [-0.4, -0.2) is 29.7 Å². The minimum Gasteiger partial charge on any atom is -1.00 e. The zero-order valence-corrected chi connectivity index (χ0v) is 10.2. The van der Waals surface area contributed by atoms with Crippen LogP contribution in [0.4, 0.5) is 0 Å². The number of hydrogen-bond acceptors (Lipinski definition) is 2. The Morgan fingerprint density at radius 2 is 1.86 bits per heavy atom. The molecule has 3 nitrogen and oxygen atoms in total. The number of quaternary nitrogens is 1. The van der Waals surface area contributed by atoms with E-state index in [0.717, 1.165) is 13.1 Å². The first kappa shape index (κ1) is 15.9. The first-order valence-corrected chi connectivity index (χ1v) is 4.75. The smallest absolute Gasteiger partial charge is 0.389 e. The Labute approximate surface area is 92.7 Å². The predicted octanol–water partition coefficient (Wildman–Crippen LogP) is -1.10. The van der Waals surface area contributed by atoms with Gasteiger partial charge in [-0.1, -0.05) is 6.58 Å². The molecule has 0 bridgehead atoms. The molecule has 0 aromatic rings. The fourth-order valence-corrected chi connectivity index (χ4v) is 1.40. The zero-order valence-electron chi connectivity index (χ0n) is 9.42. The maximum absolute atomic E-state index is 11.1. The monoisotopic (exact) mass is 221 g/mol. The normalized spacial score (nSPS) is 10.6. The van der Waals surface area contributed by atoms with Gasteiger partial charge in [0.1, 0.15) is 19.1 Å². The SMILES string of the molecule is C=CC(=O)O[N+](CC)(CC)C(C)C.[Cl-]. The predicted molar refractivity (Wildman–Crippen MR) is 52.8 cm³/mol. The largest absolute Gasteiger partial charge is 1.00 e. The van der Waals surface area contributed by atoms with Gasteiger partial charge in [-0.25, -0.2) is 4.79 Å². The highest BCUT2D eigenvalue weighted by Crippen LogP contribution is 2.14. The summed E-state index contributed by atoms with van der Waals surface area (Å²) < 4.78 is 0.366. The first-order chi connectivity index (χ1) is 6.02. The van der Waals surface area contributed by atoms with Gasteiger partial charge in [0.15, 0.2) is 0 Å². The molecule has 0 fully saturated rings. The number of carbonyl (C=O) groups excluding carboxylic acids is 1. The van der Waals surface area contributed by atoms with Gasteiger partial charge in [0.25, 0.3) is 0 Å². The molecular weight excluding hydrogens is 202 g/mol. The number of nitrogens with zero attached hydrogens (tertiary/aromatic N) is 1. The number of rotatable bonds is 5. The van der Waals surface area contributed by atoms with Gasteiger partial charge in [0.2, 0.25) is 0 Å². The Morgan fingerprint density at radius 3 is 2.07 bits per heavy atom. The van der Waals surface area contributed by atoms with E-state index in [9.17, 15) is 4.79 Å². The van der Waals surface area contributed by atoms with Crippen molar-refractivity contribution in [3.63, 3.8) is 0 Å². The molecule has 0 aromatic carbocycles. The third-order valence-electron chi connectivity index (χ3n) is 2.45. The molecule has 4 heteroatoms. The summed E-state index contributed by atoms with van der Waals surface area (Å²) in [6, 6.07) is 0.277. The summed E-state index contributed by atoms with van der Waals surface area (Å²) in [5, 5.41) is 0. The van der Waals surface area contributed by atoms with Gasteiger partial charge in [-0.15, -0.1) is 4.65 Å². The Balaban J connectivity index is 0. The molecule has 0 rings (SSSR count). The molecule has 0 spiro atoms. The van der Waals surface area contributed by atoms with E-state index in [4.69, 9.17) is 4.84 Å². The summed E-state index contributed by atoms with van der Waals surface area (Å²) in [6.45, 7) is 13.1. The molecular formula is C10H20ClNO2. The molecule has 0 heterocycles. The average molecular weight is 222 g/mol. The van der Waals surface area contributed by atoms with E-state index in [2.05, 4.69) is 6.58 Å². The summed E-state index contributed by atoms with van der Waals surface area (Å²) in [4.78, 5) is 16.4. The molecule has 0 saturated heterocycles. The molecule has 0 unspecified atom stereocenters. The van der Waals surface area contributed by atoms with Crippen molar-refractivity contribution in [2.75, 3.05) is 13.1 Å². The average Bonchev–Trinajstić information content (AvgIpc) is 2.13. The fraction of sp³-hybridized carbons (Fsp3) is 0.700. The lowest BCUT2D eigenvalue weighted by Gasteiger charge is -2.35. The van der Waals surface area contributed by atoms with E-state index in [0.29, 0.717) is 4.65 Å². The topological polar surface area (TPSA) is 26.3 Å². The second kappa shape index (κ2) is 6.85. The van der Waals surface area contributed by atoms with Crippen LogP contribution in [0.25, 0.3) is 0 Å². The van der Waals surface area contributed by atoms with Gasteiger partial charge in [-0.05, 0) is 27.7 Å². The Hall–Kier alpha value is -0.540. The van der Waals surface area contributed by atoms with Crippen molar-refractivity contribution in [1.29, 1.82) is 0 Å². The van der Waals surface area contributed by atoms with Gasteiger partial charge < -0.3 is 12.4 Å². The van der Waals surface area contributed by atoms with Crippen LogP contribution in [0.3, 0.4) is 0 Å². The van der Waals surface area contributed by atoms with Crippen molar-refractivity contribution in [1.82, 2.24) is 0 Å². The molecule has 0 radical (unpaired) electrons. The van der Waals surface area contributed by atoms with Gasteiger partial charge in [0, 0.05) is 6.08 Å². The molecule has 14 heavy (non-hydrogen) atoms. The third-order valence-corrected chi connectivity index (χ3v) is 2.45. The molecule has 84 valence electrons. The van der Waals surface area contributed by atoms with Crippen molar-refractivity contribution in [2.45, 2.75) is 33.7 Å². The summed E-state index contributed by atoms with van der Waals surface area (Å²) in [5.74, 6) is -0.350. The van der Waals surface area contributed by atoms with Crippen LogP contribution >= 0.6 is 0 Å². The molecule has 0 aromatic heterocycles. The number of carbonyl (C=O) groups is 1. The second-order valence-corrected chi connectivity index (χ2v) is 3.29. The lowest BCUT2D eigenvalue weighted by molar-refractivity contribution is -1.10. The lowest BCUT2D eigenvalue weighted by atomic mass is 10.3. The molecule has 0 aliphatic rings. The third kappa shape index (κ3) is 3.68. The van der Waals surface area contributed by atoms with Crippen LogP contribution in [0, 0.1) is 0 Å². The van der Waals surface area contributed by atoms with Gasteiger partial charge in [-0.2, -0.15) is 0 Å². The van der Waals surface area contributed by atoms with Crippen LogP contribution in [0.1, 0.15) is 27.7 Å². The minimum atomic E-state index is -0.350. The van der Waals surface area contributed by atoms with Crippen LogP contribution in [0.15, 0.2) is 12.7 Å². The highest BCUT2D eigenvalue weighted by molar-refractivity contribution is 5.80. The Morgan fingerprint density at radius 1 is 1.43 bits per heavy atom. The highest BCUT2D eigenvalue weighted by atomic mass is 35.5. The molecule has 0 saturated carbocycles. The lowest BCUT2D eigenvalue weighted by Crippen LogP contribution is -3.00. The van der Waals surface area contributed by atoms with E-state index >= 15 is 0 Å². The summed E-state index contributed by atoms with van der Waals surface area (Å²) in [7, 11) is 0. The maximum atomic E-state index is 11.1. The van der Waals surface area contributed by atoms with Crippen molar-refractivity contribution in [2.24, 2.45) is 0 Å². The molecule has 0 atom stereocenters. The minimum absolute atomic E-state index is 0. The van der Waals surface area contributed by atoms with Gasteiger partial charge in [0.05, 0.1) is 0 Å². The Bertz CT molecular complexity index is 189. The summed E-state index contributed by atoms with van der Waals surface area (Å²) in [6.07, 6.45) is 1.21. The van der Waals surface area contributed by atoms with E-state index in [-0.39, 0.29) is 24.4 Å². The van der Waals surface area contributed by atoms with E-state index < -0.39 is 0 Å². The van der Waals surface area contributed by atoms with E-state index in [1.165, 1.54) is 6.08 Å². The van der Waals surface area contributed by atoms with Crippen molar-refractivity contribution >= 4 is 5.97 Å². The van der Waals surface area contributed by atoms with E-state index in [1.54, 1.807) is 0 Å². The second-order valence-electron chi connectivity index (χ2n) is 3.29.